The third kappa shape index (κ3) is 5.74. The topological polar surface area (TPSA) is 66.9 Å². The second kappa shape index (κ2) is 10.6. The molecule has 2 aromatic carbocycles. The Morgan fingerprint density at radius 3 is 2.19 bits per heavy atom. The molecule has 0 saturated carbocycles. The number of likely N-dealkylation sites (tertiary alicyclic amines) is 1. The zero-order valence-corrected chi connectivity index (χ0v) is 18.8. The Morgan fingerprint density at radius 1 is 1.03 bits per heavy atom. The van der Waals surface area contributed by atoms with Gasteiger partial charge < -0.3 is 9.64 Å². The van der Waals surface area contributed by atoms with Crippen molar-refractivity contribution in [3.63, 3.8) is 0 Å². The van der Waals surface area contributed by atoms with Crippen LogP contribution in [-0.2, 0) is 16.6 Å². The summed E-state index contributed by atoms with van der Waals surface area (Å²) in [5, 5.41) is 0. The molecule has 2 aromatic rings. The van der Waals surface area contributed by atoms with Crippen LogP contribution < -0.4 is 4.74 Å². The number of rotatable bonds is 8. The summed E-state index contributed by atoms with van der Waals surface area (Å²) in [5.74, 6) is 0.640. The molecule has 31 heavy (non-hydrogen) atoms. The van der Waals surface area contributed by atoms with Gasteiger partial charge in [-0.2, -0.15) is 4.31 Å². The number of methoxy groups -OCH3 is 1. The van der Waals surface area contributed by atoms with Crippen molar-refractivity contribution < 1.29 is 17.9 Å². The van der Waals surface area contributed by atoms with Gasteiger partial charge in [0.15, 0.2) is 0 Å². The van der Waals surface area contributed by atoms with Crippen LogP contribution in [0.4, 0.5) is 0 Å². The number of carbonyl (C=O) groups is 1. The molecule has 0 aliphatic carbocycles. The van der Waals surface area contributed by atoms with Gasteiger partial charge in [-0.25, -0.2) is 8.42 Å². The van der Waals surface area contributed by atoms with Gasteiger partial charge in [-0.15, -0.1) is 6.58 Å². The summed E-state index contributed by atoms with van der Waals surface area (Å²) < 4.78 is 32.7. The molecule has 1 heterocycles. The van der Waals surface area contributed by atoms with Crippen LogP contribution >= 0.6 is 0 Å². The summed E-state index contributed by atoms with van der Waals surface area (Å²) in [6.07, 6.45) is 6.00. The zero-order chi connectivity index (χ0) is 22.3. The lowest BCUT2D eigenvalue weighted by atomic mass is 10.1. The van der Waals surface area contributed by atoms with Crippen LogP contribution in [0.2, 0.25) is 0 Å². The van der Waals surface area contributed by atoms with Gasteiger partial charge in [0.25, 0.3) is 5.91 Å². The van der Waals surface area contributed by atoms with Gasteiger partial charge in [-0.3, -0.25) is 4.79 Å². The lowest BCUT2D eigenvalue weighted by Gasteiger charge is -2.22. The highest BCUT2D eigenvalue weighted by Gasteiger charge is 2.24. The van der Waals surface area contributed by atoms with Crippen molar-refractivity contribution in [2.75, 3.05) is 26.7 Å². The van der Waals surface area contributed by atoms with E-state index in [2.05, 4.69) is 6.58 Å². The van der Waals surface area contributed by atoms with E-state index in [1.807, 2.05) is 17.0 Å². The largest absolute Gasteiger partial charge is 0.497 e. The van der Waals surface area contributed by atoms with Crippen LogP contribution in [-0.4, -0.2) is 50.3 Å². The Labute approximate surface area is 185 Å². The van der Waals surface area contributed by atoms with E-state index in [0.29, 0.717) is 11.3 Å². The fourth-order valence-electron chi connectivity index (χ4n) is 3.70. The number of hydrogen-bond donors (Lipinski definition) is 0. The van der Waals surface area contributed by atoms with Gasteiger partial charge in [0.1, 0.15) is 5.75 Å². The van der Waals surface area contributed by atoms with Crippen molar-refractivity contribution in [2.24, 2.45) is 0 Å². The highest BCUT2D eigenvalue weighted by Crippen LogP contribution is 2.22. The smallest absolute Gasteiger partial charge is 0.253 e. The third-order valence-corrected chi connectivity index (χ3v) is 7.31. The van der Waals surface area contributed by atoms with Crippen molar-refractivity contribution in [1.82, 2.24) is 9.21 Å². The maximum atomic E-state index is 13.1. The number of carbonyl (C=O) groups excluding carboxylic acids is 1. The molecule has 7 heteroatoms. The summed E-state index contributed by atoms with van der Waals surface area (Å²) >= 11 is 0. The van der Waals surface area contributed by atoms with Crippen LogP contribution in [0.3, 0.4) is 0 Å². The summed E-state index contributed by atoms with van der Waals surface area (Å²) in [6.45, 7) is 5.67. The quantitative estimate of drug-likeness (QED) is 0.578. The number of ether oxygens (including phenoxy) is 1. The second-order valence-electron chi connectivity index (χ2n) is 7.67. The second-order valence-corrected chi connectivity index (χ2v) is 9.60. The number of amides is 1. The minimum Gasteiger partial charge on any atom is -0.497 e. The molecule has 0 unspecified atom stereocenters. The van der Waals surface area contributed by atoms with Crippen molar-refractivity contribution in [2.45, 2.75) is 37.1 Å². The molecular formula is C24H30N2O4S. The Bertz CT molecular complexity index is 977. The van der Waals surface area contributed by atoms with Crippen molar-refractivity contribution in [3.05, 3.63) is 72.3 Å². The Kier molecular flexibility index (Phi) is 7.87. The summed E-state index contributed by atoms with van der Waals surface area (Å²) in [6, 6.07) is 13.5. The summed E-state index contributed by atoms with van der Waals surface area (Å²) in [5.41, 5.74) is 1.45. The van der Waals surface area contributed by atoms with Crippen LogP contribution in [0.1, 0.15) is 41.6 Å². The minimum atomic E-state index is -3.70. The van der Waals surface area contributed by atoms with Gasteiger partial charge in [0, 0.05) is 31.7 Å². The van der Waals surface area contributed by atoms with Crippen LogP contribution in [0.5, 0.6) is 5.75 Å². The number of sulfonamides is 1. The predicted molar refractivity (Wildman–Crippen MR) is 122 cm³/mol. The number of hydrogen-bond acceptors (Lipinski definition) is 4. The van der Waals surface area contributed by atoms with E-state index in [1.165, 1.54) is 36.4 Å². The first-order chi connectivity index (χ1) is 15.0. The van der Waals surface area contributed by atoms with Gasteiger partial charge in [-0.1, -0.05) is 31.1 Å². The average Bonchev–Trinajstić information content (AvgIpc) is 3.08. The van der Waals surface area contributed by atoms with Crippen molar-refractivity contribution >= 4 is 15.9 Å². The highest BCUT2D eigenvalue weighted by atomic mass is 32.2. The molecule has 0 N–H and O–H groups in total. The highest BCUT2D eigenvalue weighted by molar-refractivity contribution is 7.89. The molecule has 0 atom stereocenters. The van der Waals surface area contributed by atoms with E-state index in [1.54, 1.807) is 30.3 Å². The zero-order valence-electron chi connectivity index (χ0n) is 18.0. The van der Waals surface area contributed by atoms with Gasteiger partial charge in [0.05, 0.1) is 12.0 Å². The molecule has 0 spiro atoms. The number of nitrogens with zero attached hydrogens (tertiary/aromatic N) is 2. The normalized spacial score (nSPS) is 14.8. The molecule has 1 fully saturated rings. The fourth-order valence-corrected chi connectivity index (χ4v) is 5.10. The van der Waals surface area contributed by atoms with Gasteiger partial charge in [0.2, 0.25) is 10.0 Å². The Morgan fingerprint density at radius 2 is 1.65 bits per heavy atom. The Hall–Kier alpha value is -2.64. The van der Waals surface area contributed by atoms with E-state index in [-0.39, 0.29) is 23.9 Å². The predicted octanol–water partition coefficient (Wildman–Crippen LogP) is 4.09. The number of benzene rings is 2. The monoisotopic (exact) mass is 442 g/mol. The van der Waals surface area contributed by atoms with Crippen LogP contribution in [0.15, 0.2) is 66.1 Å². The van der Waals surface area contributed by atoms with E-state index in [0.717, 1.165) is 31.5 Å². The van der Waals surface area contributed by atoms with E-state index < -0.39 is 10.0 Å². The maximum absolute atomic E-state index is 13.1. The van der Waals surface area contributed by atoms with E-state index >= 15 is 0 Å². The van der Waals surface area contributed by atoms with Crippen LogP contribution in [0, 0.1) is 0 Å². The van der Waals surface area contributed by atoms with Gasteiger partial charge >= 0.3 is 0 Å². The summed E-state index contributed by atoms with van der Waals surface area (Å²) in [7, 11) is -2.17. The molecule has 6 nitrogen and oxygen atoms in total. The van der Waals surface area contributed by atoms with Crippen molar-refractivity contribution in [3.8, 4) is 5.75 Å². The van der Waals surface area contributed by atoms with Gasteiger partial charge in [-0.05, 0) is 54.8 Å². The molecule has 1 saturated heterocycles. The fraction of sp³-hybridized carbons (Fsp3) is 0.375. The first kappa shape index (κ1) is 23.0. The molecule has 166 valence electrons. The average molecular weight is 443 g/mol. The molecule has 0 bridgehead atoms. The van der Waals surface area contributed by atoms with Crippen LogP contribution in [0.25, 0.3) is 0 Å². The molecular weight excluding hydrogens is 412 g/mol. The minimum absolute atomic E-state index is 0.0438. The van der Waals surface area contributed by atoms with E-state index in [9.17, 15) is 13.2 Å². The molecule has 0 radical (unpaired) electrons. The molecule has 1 amide bonds. The lowest BCUT2D eigenvalue weighted by Crippen LogP contribution is -2.32. The first-order valence-electron chi connectivity index (χ1n) is 10.6. The Balaban J connectivity index is 1.74. The maximum Gasteiger partial charge on any atom is 0.253 e. The SMILES string of the molecule is C=CCN(Cc1ccc(C(=O)N2CCCCCC2)cc1)S(=O)(=O)c1ccc(OC)cc1. The molecule has 3 rings (SSSR count). The first-order valence-corrected chi connectivity index (χ1v) is 12.0. The molecule has 1 aliphatic rings. The third-order valence-electron chi connectivity index (χ3n) is 5.48. The molecule has 0 aromatic heterocycles. The standard InChI is InChI=1S/C24H30N2O4S/c1-3-16-26(31(28,29)23-14-12-22(30-2)13-15-23)19-20-8-10-21(11-9-20)24(27)25-17-6-4-5-7-18-25/h3,8-15H,1,4-7,16-19H2,2H3. The lowest BCUT2D eigenvalue weighted by molar-refractivity contribution is 0.0761. The molecule has 1 aliphatic heterocycles. The van der Waals surface area contributed by atoms with E-state index in [4.69, 9.17) is 4.74 Å². The summed E-state index contributed by atoms with van der Waals surface area (Å²) in [4.78, 5) is 14.9. The van der Waals surface area contributed by atoms with Crippen molar-refractivity contribution in [1.29, 1.82) is 0 Å².